The van der Waals surface area contributed by atoms with E-state index in [1.54, 1.807) is 12.1 Å². The van der Waals surface area contributed by atoms with E-state index in [0.717, 1.165) is 38.3 Å². The summed E-state index contributed by atoms with van der Waals surface area (Å²) in [5, 5.41) is 24.2. The van der Waals surface area contributed by atoms with E-state index in [-0.39, 0.29) is 24.8 Å². The van der Waals surface area contributed by atoms with Gasteiger partial charge in [-0.15, -0.1) is 0 Å². The first-order valence-electron chi connectivity index (χ1n) is 10.8. The molecule has 1 aliphatic rings. The van der Waals surface area contributed by atoms with Crippen LogP contribution in [-0.2, 0) is 11.3 Å². The van der Waals surface area contributed by atoms with Crippen LogP contribution in [0.4, 0.5) is 10.1 Å². The molecule has 0 radical (unpaired) electrons. The maximum absolute atomic E-state index is 14.7. The van der Waals surface area contributed by atoms with Gasteiger partial charge in [-0.25, -0.2) is 4.39 Å². The number of aliphatic hydroxyl groups is 1. The summed E-state index contributed by atoms with van der Waals surface area (Å²) < 4.78 is 14.7. The van der Waals surface area contributed by atoms with E-state index in [9.17, 15) is 14.3 Å². The molecule has 1 atom stereocenters. The van der Waals surface area contributed by atoms with Crippen LogP contribution in [0.3, 0.4) is 0 Å². The highest BCUT2D eigenvalue weighted by Gasteiger charge is 2.16. The van der Waals surface area contributed by atoms with Gasteiger partial charge >= 0.3 is 0 Å². The Morgan fingerprint density at radius 1 is 1.12 bits per heavy atom. The monoisotopic (exact) mass is 439 g/mol. The van der Waals surface area contributed by atoms with E-state index in [4.69, 9.17) is 5.26 Å². The highest BCUT2D eigenvalue weighted by Crippen LogP contribution is 2.26. The Balaban J connectivity index is 1.53. The van der Waals surface area contributed by atoms with Crippen LogP contribution in [0.25, 0.3) is 11.1 Å². The van der Waals surface area contributed by atoms with Crippen molar-refractivity contribution >= 4 is 11.6 Å². The van der Waals surface area contributed by atoms with Crippen LogP contribution in [0, 0.1) is 17.1 Å². The molecule has 1 aliphatic heterocycles. The number of carbonyl (C=O) groups is 1. The molecule has 0 spiro atoms. The molecule has 3 N–H and O–H groups in total. The number of carbonyl (C=O) groups excluding carboxylic acids is 1. The number of amides is 1. The fourth-order valence-electron chi connectivity index (χ4n) is 3.68. The Kier molecular flexibility index (Phi) is 8.56. The average molecular weight is 440 g/mol. The Morgan fingerprint density at radius 2 is 1.81 bits per heavy atom. The molecule has 1 heterocycles. The smallest absolute Gasteiger partial charge is 0.216 e. The third-order valence-electron chi connectivity index (χ3n) is 5.53. The van der Waals surface area contributed by atoms with Crippen molar-refractivity contribution in [2.75, 3.05) is 51.1 Å². The summed E-state index contributed by atoms with van der Waals surface area (Å²) in [7, 11) is 0. The second-order valence-electron chi connectivity index (χ2n) is 8.07. The maximum Gasteiger partial charge on any atom is 0.216 e. The van der Waals surface area contributed by atoms with Gasteiger partial charge in [0.2, 0.25) is 5.91 Å². The number of benzene rings is 2. The number of hydrogen-bond acceptors (Lipinski definition) is 6. The molecule has 0 saturated carbocycles. The van der Waals surface area contributed by atoms with Crippen molar-refractivity contribution in [3.05, 3.63) is 53.8 Å². The Hall–Kier alpha value is -2.99. The molecular formula is C24H30FN5O2. The van der Waals surface area contributed by atoms with E-state index in [0.29, 0.717) is 17.8 Å². The van der Waals surface area contributed by atoms with Gasteiger partial charge < -0.3 is 15.7 Å². The van der Waals surface area contributed by atoms with Gasteiger partial charge in [-0.05, 0) is 29.3 Å². The van der Waals surface area contributed by atoms with Gasteiger partial charge in [0.05, 0.1) is 18.7 Å². The second-order valence-corrected chi connectivity index (χ2v) is 8.07. The summed E-state index contributed by atoms with van der Waals surface area (Å²) >= 11 is 0. The lowest BCUT2D eigenvalue weighted by atomic mass is 10.0. The minimum atomic E-state index is -0.761. The summed E-state index contributed by atoms with van der Waals surface area (Å²) in [6.45, 7) is 6.75. The largest absolute Gasteiger partial charge is 0.389 e. The zero-order valence-electron chi connectivity index (χ0n) is 18.4. The molecule has 7 nitrogen and oxygen atoms in total. The quantitative estimate of drug-likeness (QED) is 0.518. The Labute approximate surface area is 188 Å². The van der Waals surface area contributed by atoms with E-state index in [1.165, 1.54) is 18.6 Å². The molecular weight excluding hydrogens is 409 g/mol. The number of aliphatic hydroxyl groups excluding tert-OH is 1. The first kappa shape index (κ1) is 23.7. The SMILES string of the molecule is CC(=O)NC[C@H](O)CNc1ccc(-c2ccc(CN3CCN(CC#N)CC3)cc2)c(F)c1. The molecule has 0 aliphatic carbocycles. The van der Waals surface area contributed by atoms with Gasteiger partial charge in [0.15, 0.2) is 0 Å². The summed E-state index contributed by atoms with van der Waals surface area (Å²) in [5.41, 5.74) is 3.07. The van der Waals surface area contributed by atoms with Crippen molar-refractivity contribution in [3.63, 3.8) is 0 Å². The lowest BCUT2D eigenvalue weighted by molar-refractivity contribution is -0.119. The van der Waals surface area contributed by atoms with Crippen molar-refractivity contribution in [3.8, 4) is 17.2 Å². The molecule has 32 heavy (non-hydrogen) atoms. The molecule has 1 saturated heterocycles. The molecule has 1 amide bonds. The maximum atomic E-state index is 14.7. The lowest BCUT2D eigenvalue weighted by Crippen LogP contribution is -2.45. The van der Waals surface area contributed by atoms with Crippen molar-refractivity contribution in [1.82, 2.24) is 15.1 Å². The Morgan fingerprint density at radius 3 is 2.44 bits per heavy atom. The zero-order chi connectivity index (χ0) is 22.9. The van der Waals surface area contributed by atoms with Crippen LogP contribution < -0.4 is 10.6 Å². The number of piperazine rings is 1. The van der Waals surface area contributed by atoms with Crippen molar-refractivity contribution in [2.45, 2.75) is 19.6 Å². The van der Waals surface area contributed by atoms with Crippen LogP contribution in [0.1, 0.15) is 12.5 Å². The fraction of sp³-hybridized carbons (Fsp3) is 0.417. The number of halogens is 1. The minimum absolute atomic E-state index is 0.144. The van der Waals surface area contributed by atoms with E-state index < -0.39 is 6.10 Å². The van der Waals surface area contributed by atoms with Crippen LogP contribution in [0.2, 0.25) is 0 Å². The van der Waals surface area contributed by atoms with Crippen molar-refractivity contribution in [1.29, 1.82) is 5.26 Å². The highest BCUT2D eigenvalue weighted by atomic mass is 19.1. The number of rotatable bonds is 9. The minimum Gasteiger partial charge on any atom is -0.389 e. The summed E-state index contributed by atoms with van der Waals surface area (Å²) in [4.78, 5) is 15.4. The van der Waals surface area contributed by atoms with Crippen LogP contribution in [0.5, 0.6) is 0 Å². The van der Waals surface area contributed by atoms with Gasteiger partial charge in [0.25, 0.3) is 0 Å². The average Bonchev–Trinajstić information content (AvgIpc) is 2.78. The standard InChI is InChI=1S/C24H30FN5O2/c1-18(31)27-15-22(32)16-28-21-6-7-23(24(25)14-21)20-4-2-19(3-5-20)17-30-12-10-29(9-8-26)11-13-30/h2-7,14,22,28,32H,9-13,15-17H2,1H3,(H,27,31)/t22-/m0/s1. The molecule has 2 aromatic carbocycles. The molecule has 8 heteroatoms. The third-order valence-corrected chi connectivity index (χ3v) is 5.53. The second kappa shape index (κ2) is 11.6. The molecule has 0 unspecified atom stereocenters. The first-order valence-corrected chi connectivity index (χ1v) is 10.8. The molecule has 1 fully saturated rings. The fourth-order valence-corrected chi connectivity index (χ4v) is 3.68. The molecule has 3 rings (SSSR count). The van der Waals surface area contributed by atoms with E-state index >= 15 is 0 Å². The summed E-state index contributed by atoms with van der Waals surface area (Å²) in [6.07, 6.45) is -0.761. The number of nitriles is 1. The predicted molar refractivity (Wildman–Crippen MR) is 122 cm³/mol. The zero-order valence-corrected chi connectivity index (χ0v) is 18.4. The van der Waals surface area contributed by atoms with Crippen molar-refractivity contribution < 1.29 is 14.3 Å². The Bertz CT molecular complexity index is 936. The topological polar surface area (TPSA) is 91.6 Å². The number of anilines is 1. The van der Waals surface area contributed by atoms with E-state index in [1.807, 2.05) is 24.3 Å². The highest BCUT2D eigenvalue weighted by molar-refractivity contribution is 5.72. The number of nitrogens with zero attached hydrogens (tertiary/aromatic N) is 3. The summed E-state index contributed by atoms with van der Waals surface area (Å²) in [5.74, 6) is -0.545. The van der Waals surface area contributed by atoms with Crippen LogP contribution >= 0.6 is 0 Å². The molecule has 0 bridgehead atoms. The van der Waals surface area contributed by atoms with Gasteiger partial charge in [-0.1, -0.05) is 24.3 Å². The van der Waals surface area contributed by atoms with Crippen molar-refractivity contribution in [2.24, 2.45) is 0 Å². The van der Waals surface area contributed by atoms with Crippen LogP contribution in [-0.4, -0.2) is 72.7 Å². The molecule has 170 valence electrons. The van der Waals surface area contributed by atoms with E-state index in [2.05, 4.69) is 26.5 Å². The predicted octanol–water partition coefficient (Wildman–Crippen LogP) is 2.04. The summed E-state index contributed by atoms with van der Waals surface area (Å²) in [6, 6.07) is 15.0. The van der Waals surface area contributed by atoms with Gasteiger partial charge in [0.1, 0.15) is 5.82 Å². The van der Waals surface area contributed by atoms with Gasteiger partial charge in [-0.2, -0.15) is 5.26 Å². The van der Waals surface area contributed by atoms with Crippen LogP contribution in [0.15, 0.2) is 42.5 Å². The lowest BCUT2D eigenvalue weighted by Gasteiger charge is -2.33. The van der Waals surface area contributed by atoms with Gasteiger partial charge in [-0.3, -0.25) is 14.6 Å². The first-order chi connectivity index (χ1) is 15.4. The number of nitrogens with one attached hydrogen (secondary N) is 2. The van der Waals surface area contributed by atoms with Gasteiger partial charge in [0, 0.05) is 64.0 Å². The molecule has 0 aromatic heterocycles. The number of hydrogen-bond donors (Lipinski definition) is 3. The normalized spacial score (nSPS) is 15.7. The molecule has 2 aromatic rings. The third kappa shape index (κ3) is 7.02.